The van der Waals surface area contributed by atoms with Gasteiger partial charge in [-0.15, -0.1) is 0 Å². The predicted molar refractivity (Wildman–Crippen MR) is 92.1 cm³/mol. The van der Waals surface area contributed by atoms with Crippen LogP contribution in [-0.2, 0) is 16.9 Å². The predicted octanol–water partition coefficient (Wildman–Crippen LogP) is 1.32. The summed E-state index contributed by atoms with van der Waals surface area (Å²) in [5.41, 5.74) is 2.71. The molecule has 9 heteroatoms. The van der Waals surface area contributed by atoms with Gasteiger partial charge in [-0.3, -0.25) is 9.48 Å². The molecule has 1 N–H and O–H groups in total. The Kier molecular flexibility index (Phi) is 4.16. The van der Waals surface area contributed by atoms with E-state index in [1.165, 1.54) is 6.07 Å². The van der Waals surface area contributed by atoms with Crippen LogP contribution >= 0.6 is 0 Å². The Balaban J connectivity index is 1.87. The molecular weight excluding hydrogens is 342 g/mol. The van der Waals surface area contributed by atoms with Crippen LogP contribution in [-0.4, -0.2) is 40.2 Å². The highest BCUT2D eigenvalue weighted by Crippen LogP contribution is 2.29. The average Bonchev–Trinajstić information content (AvgIpc) is 3.18. The summed E-state index contributed by atoms with van der Waals surface area (Å²) in [5, 5.41) is 16.2. The zero-order valence-electron chi connectivity index (χ0n) is 14.3. The molecule has 0 saturated carbocycles. The van der Waals surface area contributed by atoms with E-state index in [1.807, 2.05) is 13.0 Å². The number of nitrogens with zero attached hydrogens (tertiary/aromatic N) is 4. The summed E-state index contributed by atoms with van der Waals surface area (Å²) in [7, 11) is -1.32. The van der Waals surface area contributed by atoms with E-state index in [-0.39, 0.29) is 23.5 Å². The molecule has 0 spiro atoms. The number of nitriles is 1. The number of aromatic nitrogens is 3. The molecule has 0 aromatic carbocycles. The van der Waals surface area contributed by atoms with Crippen molar-refractivity contribution in [1.82, 2.24) is 14.3 Å². The Hall–Kier alpha value is -2.60. The minimum Gasteiger partial charge on any atom is -0.345 e. The van der Waals surface area contributed by atoms with E-state index < -0.39 is 9.84 Å². The first-order chi connectivity index (χ1) is 11.7. The number of carbonyl (C=O) groups is 1. The average molecular weight is 361 g/mol. The molecule has 1 atom stereocenters. The maximum atomic E-state index is 12.5. The molecule has 8 nitrogen and oxygen atoms in total. The summed E-state index contributed by atoms with van der Waals surface area (Å²) in [6.45, 7) is 3.58. The molecule has 1 aliphatic rings. The van der Waals surface area contributed by atoms with Gasteiger partial charge in [0.15, 0.2) is 9.84 Å². The van der Waals surface area contributed by atoms with Crippen molar-refractivity contribution in [2.75, 3.05) is 16.8 Å². The van der Waals surface area contributed by atoms with Crippen molar-refractivity contribution < 1.29 is 13.2 Å². The van der Waals surface area contributed by atoms with Crippen molar-refractivity contribution in [2.24, 2.45) is 7.05 Å². The molecule has 0 aliphatic carbocycles. The standard InChI is InChI=1S/C16H19N5O3S/c1-10-15(18-16(22)14-6-12(7-17)8-20(14)3)11(2)21(19-10)13-4-5-25(23,24)9-13/h6,8,13H,4-5,9H2,1-3H3,(H,18,22). The highest BCUT2D eigenvalue weighted by molar-refractivity contribution is 7.91. The fourth-order valence-electron chi connectivity index (χ4n) is 3.20. The second-order valence-corrected chi connectivity index (χ2v) is 8.57. The number of amides is 1. The smallest absolute Gasteiger partial charge is 0.272 e. The number of carbonyl (C=O) groups excluding carboxylic acids is 1. The molecule has 3 rings (SSSR count). The Morgan fingerprint density at radius 2 is 2.16 bits per heavy atom. The number of anilines is 1. The lowest BCUT2D eigenvalue weighted by Crippen LogP contribution is -2.17. The molecule has 132 valence electrons. The monoisotopic (exact) mass is 361 g/mol. The summed E-state index contributed by atoms with van der Waals surface area (Å²) < 4.78 is 26.7. The van der Waals surface area contributed by atoms with Crippen LogP contribution in [0.5, 0.6) is 0 Å². The molecule has 1 unspecified atom stereocenters. The number of hydrogen-bond acceptors (Lipinski definition) is 5. The summed E-state index contributed by atoms with van der Waals surface area (Å²) in [4.78, 5) is 12.5. The normalized spacial score (nSPS) is 18.9. The Labute approximate surface area is 146 Å². The van der Waals surface area contributed by atoms with Crippen LogP contribution in [0.25, 0.3) is 0 Å². The molecule has 2 aromatic rings. The SMILES string of the molecule is Cc1nn(C2CCS(=O)(=O)C2)c(C)c1NC(=O)c1cc(C#N)cn1C. The summed E-state index contributed by atoms with van der Waals surface area (Å²) >= 11 is 0. The highest BCUT2D eigenvalue weighted by atomic mass is 32.2. The van der Waals surface area contributed by atoms with Crippen molar-refractivity contribution in [3.63, 3.8) is 0 Å². The van der Waals surface area contributed by atoms with E-state index in [2.05, 4.69) is 10.4 Å². The molecule has 0 bridgehead atoms. The van der Waals surface area contributed by atoms with Crippen molar-refractivity contribution in [3.05, 3.63) is 34.9 Å². The third kappa shape index (κ3) is 3.17. The maximum absolute atomic E-state index is 12.5. The van der Waals surface area contributed by atoms with E-state index in [9.17, 15) is 13.2 Å². The summed E-state index contributed by atoms with van der Waals surface area (Å²) in [6, 6.07) is 3.33. The van der Waals surface area contributed by atoms with Crippen LogP contribution in [0.3, 0.4) is 0 Å². The largest absolute Gasteiger partial charge is 0.345 e. The van der Waals surface area contributed by atoms with Crippen molar-refractivity contribution in [1.29, 1.82) is 5.26 Å². The van der Waals surface area contributed by atoms with Gasteiger partial charge in [-0.05, 0) is 26.3 Å². The molecule has 25 heavy (non-hydrogen) atoms. The second-order valence-electron chi connectivity index (χ2n) is 6.34. The number of aryl methyl sites for hydroxylation is 2. The van der Waals surface area contributed by atoms with Crippen LogP contribution < -0.4 is 5.32 Å². The van der Waals surface area contributed by atoms with Crippen molar-refractivity contribution in [2.45, 2.75) is 26.3 Å². The third-order valence-corrected chi connectivity index (χ3v) is 6.23. The van der Waals surface area contributed by atoms with Crippen LogP contribution in [0.1, 0.15) is 39.9 Å². The van der Waals surface area contributed by atoms with Crippen LogP contribution in [0.4, 0.5) is 5.69 Å². The minimum absolute atomic E-state index is 0.0751. The fourth-order valence-corrected chi connectivity index (χ4v) is 4.89. The van der Waals surface area contributed by atoms with Crippen LogP contribution in [0, 0.1) is 25.2 Å². The van der Waals surface area contributed by atoms with Gasteiger partial charge < -0.3 is 9.88 Å². The lowest BCUT2D eigenvalue weighted by Gasteiger charge is -2.12. The second kappa shape index (κ2) is 6.04. The van der Waals surface area contributed by atoms with E-state index in [4.69, 9.17) is 5.26 Å². The maximum Gasteiger partial charge on any atom is 0.272 e. The molecule has 2 aromatic heterocycles. The molecule has 1 amide bonds. The van der Waals surface area contributed by atoms with E-state index in [1.54, 1.807) is 29.4 Å². The van der Waals surface area contributed by atoms with Gasteiger partial charge in [-0.25, -0.2) is 8.42 Å². The van der Waals surface area contributed by atoms with Gasteiger partial charge in [-0.1, -0.05) is 0 Å². The topological polar surface area (TPSA) is 110 Å². The lowest BCUT2D eigenvalue weighted by molar-refractivity contribution is 0.101. The molecule has 0 radical (unpaired) electrons. The third-order valence-electron chi connectivity index (χ3n) is 4.48. The Morgan fingerprint density at radius 1 is 1.44 bits per heavy atom. The van der Waals surface area contributed by atoms with Gasteiger partial charge in [0.25, 0.3) is 5.91 Å². The highest BCUT2D eigenvalue weighted by Gasteiger charge is 2.31. The molecule has 1 fully saturated rings. The number of nitrogens with one attached hydrogen (secondary N) is 1. The van der Waals surface area contributed by atoms with Gasteiger partial charge in [0.2, 0.25) is 0 Å². The van der Waals surface area contributed by atoms with Gasteiger partial charge >= 0.3 is 0 Å². The number of sulfone groups is 1. The van der Waals surface area contributed by atoms with Gasteiger partial charge in [0, 0.05) is 13.2 Å². The minimum atomic E-state index is -3.02. The van der Waals surface area contributed by atoms with Crippen molar-refractivity contribution in [3.8, 4) is 6.07 Å². The van der Waals surface area contributed by atoms with E-state index in [0.29, 0.717) is 29.1 Å². The Bertz CT molecular complexity index is 994. The summed E-state index contributed by atoms with van der Waals surface area (Å²) in [5.74, 6) is -0.0993. The van der Waals surface area contributed by atoms with Crippen molar-refractivity contribution >= 4 is 21.4 Å². The number of rotatable bonds is 3. The molecule has 3 heterocycles. The summed E-state index contributed by atoms with van der Waals surface area (Å²) in [6.07, 6.45) is 2.11. The van der Waals surface area contributed by atoms with Crippen LogP contribution in [0.2, 0.25) is 0 Å². The lowest BCUT2D eigenvalue weighted by atomic mass is 10.2. The first-order valence-electron chi connectivity index (χ1n) is 7.86. The first kappa shape index (κ1) is 17.2. The quantitative estimate of drug-likeness (QED) is 0.886. The fraction of sp³-hybridized carbons (Fsp3) is 0.438. The van der Waals surface area contributed by atoms with Crippen LogP contribution in [0.15, 0.2) is 12.3 Å². The first-order valence-corrected chi connectivity index (χ1v) is 9.68. The van der Waals surface area contributed by atoms with Gasteiger partial charge in [0.1, 0.15) is 11.8 Å². The molecule has 1 saturated heterocycles. The zero-order chi connectivity index (χ0) is 18.4. The van der Waals surface area contributed by atoms with Gasteiger partial charge in [0.05, 0.1) is 40.2 Å². The molecular formula is C16H19N5O3S. The van der Waals surface area contributed by atoms with Gasteiger partial charge in [-0.2, -0.15) is 10.4 Å². The van der Waals surface area contributed by atoms with E-state index >= 15 is 0 Å². The van der Waals surface area contributed by atoms with E-state index in [0.717, 1.165) is 5.69 Å². The zero-order valence-corrected chi connectivity index (χ0v) is 15.1. The molecule has 1 aliphatic heterocycles. The number of hydrogen-bond donors (Lipinski definition) is 1. The Morgan fingerprint density at radius 3 is 2.72 bits per heavy atom.